The van der Waals surface area contributed by atoms with E-state index in [4.69, 9.17) is 4.74 Å². The lowest BCUT2D eigenvalue weighted by Gasteiger charge is -2.27. The van der Waals surface area contributed by atoms with Crippen molar-refractivity contribution in [1.82, 2.24) is 9.55 Å². The first-order valence-corrected chi connectivity index (χ1v) is 9.46. The molecule has 2 heterocycles. The van der Waals surface area contributed by atoms with Gasteiger partial charge < -0.3 is 9.30 Å². The average molecular weight is 398 g/mol. The van der Waals surface area contributed by atoms with E-state index in [9.17, 15) is 18.4 Å². The van der Waals surface area contributed by atoms with Gasteiger partial charge in [0.2, 0.25) is 5.92 Å². The van der Waals surface area contributed by atoms with E-state index < -0.39 is 11.9 Å². The minimum absolute atomic E-state index is 0.129. The Morgan fingerprint density at radius 1 is 1.14 bits per heavy atom. The smallest absolute Gasteiger partial charge is 0.337 e. The molecule has 0 atom stereocenters. The highest BCUT2D eigenvalue weighted by Crippen LogP contribution is 2.37. The van der Waals surface area contributed by atoms with Crippen LogP contribution in [-0.2, 0) is 4.74 Å². The van der Waals surface area contributed by atoms with Gasteiger partial charge in [-0.15, -0.1) is 0 Å². The molecule has 29 heavy (non-hydrogen) atoms. The first-order chi connectivity index (χ1) is 13.9. The van der Waals surface area contributed by atoms with E-state index in [1.165, 1.54) is 13.3 Å². The number of pyridine rings is 1. The maximum Gasteiger partial charge on any atom is 0.337 e. The summed E-state index contributed by atoms with van der Waals surface area (Å²) in [7, 11) is 1.33. The lowest BCUT2D eigenvalue weighted by atomic mass is 9.82. The van der Waals surface area contributed by atoms with Crippen molar-refractivity contribution in [2.24, 2.45) is 5.92 Å². The van der Waals surface area contributed by atoms with Gasteiger partial charge in [0.1, 0.15) is 5.65 Å². The number of ketones is 1. The molecule has 0 unspecified atom stereocenters. The van der Waals surface area contributed by atoms with Crippen LogP contribution in [0, 0.1) is 5.92 Å². The normalized spacial score (nSPS) is 16.7. The van der Waals surface area contributed by atoms with Crippen LogP contribution in [-0.4, -0.2) is 34.3 Å². The zero-order valence-electron chi connectivity index (χ0n) is 15.9. The highest BCUT2D eigenvalue weighted by Gasteiger charge is 2.37. The molecule has 1 fully saturated rings. The fourth-order valence-electron chi connectivity index (χ4n) is 3.81. The number of hydrogen-bond donors (Lipinski definition) is 0. The number of methoxy groups -OCH3 is 1. The van der Waals surface area contributed by atoms with Crippen LogP contribution < -0.4 is 0 Å². The van der Waals surface area contributed by atoms with Gasteiger partial charge in [0, 0.05) is 47.8 Å². The quantitative estimate of drug-likeness (QED) is 0.467. The molecule has 150 valence electrons. The average Bonchev–Trinajstić information content (AvgIpc) is 3.16. The molecule has 0 radical (unpaired) electrons. The number of nitrogens with zero attached hydrogens (tertiary/aromatic N) is 2. The van der Waals surface area contributed by atoms with Crippen LogP contribution in [0.2, 0.25) is 0 Å². The third-order valence-corrected chi connectivity index (χ3v) is 5.44. The van der Waals surface area contributed by atoms with E-state index >= 15 is 0 Å². The third kappa shape index (κ3) is 3.77. The molecule has 2 aromatic heterocycles. The molecule has 4 rings (SSSR count). The monoisotopic (exact) mass is 398 g/mol. The van der Waals surface area contributed by atoms with Gasteiger partial charge >= 0.3 is 5.97 Å². The van der Waals surface area contributed by atoms with E-state index in [1.54, 1.807) is 24.3 Å². The summed E-state index contributed by atoms with van der Waals surface area (Å²) >= 11 is 0. The fraction of sp³-hybridized carbons (Fsp3) is 0.318. The molecule has 0 saturated heterocycles. The summed E-state index contributed by atoms with van der Waals surface area (Å²) in [6.07, 6.45) is 3.22. The van der Waals surface area contributed by atoms with Gasteiger partial charge in [-0.25, -0.2) is 18.6 Å². The molecule has 3 aromatic rings. The standard InChI is InChI=1S/C22H20F2N2O3/c1-29-21(28)16-3-2-4-18(12-16)26-10-7-15-11-17(13-25-20(15)26)19(27)14-5-8-22(23,24)9-6-14/h2-4,7,10-14H,5-6,8-9H2,1H3. The Bertz CT molecular complexity index is 1080. The lowest BCUT2D eigenvalue weighted by Crippen LogP contribution is -2.28. The number of hydrogen-bond acceptors (Lipinski definition) is 4. The number of esters is 1. The highest BCUT2D eigenvalue weighted by atomic mass is 19.3. The maximum absolute atomic E-state index is 13.4. The zero-order valence-corrected chi connectivity index (χ0v) is 15.9. The van der Waals surface area contributed by atoms with Crippen LogP contribution in [0.25, 0.3) is 16.7 Å². The Hall–Kier alpha value is -3.09. The molecule has 1 aliphatic carbocycles. The van der Waals surface area contributed by atoms with E-state index in [0.29, 0.717) is 16.8 Å². The number of halogens is 2. The summed E-state index contributed by atoms with van der Waals surface area (Å²) in [5.74, 6) is -3.60. The highest BCUT2D eigenvalue weighted by molar-refractivity contribution is 6.00. The fourth-order valence-corrected chi connectivity index (χ4v) is 3.81. The Morgan fingerprint density at radius 3 is 2.62 bits per heavy atom. The summed E-state index contributed by atoms with van der Waals surface area (Å²) in [6, 6.07) is 10.5. The van der Waals surface area contributed by atoms with Gasteiger partial charge in [-0.2, -0.15) is 0 Å². The predicted octanol–water partition coefficient (Wildman–Crippen LogP) is 4.82. The number of alkyl halides is 2. The minimum Gasteiger partial charge on any atom is -0.465 e. The Labute approximate surface area is 166 Å². The number of fused-ring (bicyclic) bond motifs is 1. The molecule has 1 aromatic carbocycles. The van der Waals surface area contributed by atoms with E-state index in [2.05, 4.69) is 4.98 Å². The first-order valence-electron chi connectivity index (χ1n) is 9.46. The van der Waals surface area contributed by atoms with Gasteiger partial charge in [-0.3, -0.25) is 4.79 Å². The van der Waals surface area contributed by atoms with Crippen molar-refractivity contribution < 1.29 is 23.1 Å². The van der Waals surface area contributed by atoms with Crippen LogP contribution >= 0.6 is 0 Å². The van der Waals surface area contributed by atoms with Gasteiger partial charge in [-0.05, 0) is 43.2 Å². The van der Waals surface area contributed by atoms with Crippen molar-refractivity contribution in [3.63, 3.8) is 0 Å². The molecule has 0 amide bonds. The second-order valence-electron chi connectivity index (χ2n) is 7.36. The number of aromatic nitrogens is 2. The van der Waals surface area contributed by atoms with E-state index in [0.717, 1.165) is 11.1 Å². The van der Waals surface area contributed by atoms with Gasteiger partial charge in [0.05, 0.1) is 12.7 Å². The van der Waals surface area contributed by atoms with Crippen molar-refractivity contribution >= 4 is 22.8 Å². The zero-order chi connectivity index (χ0) is 20.6. The summed E-state index contributed by atoms with van der Waals surface area (Å²) in [4.78, 5) is 29.0. The van der Waals surface area contributed by atoms with Crippen molar-refractivity contribution in [1.29, 1.82) is 0 Å². The van der Waals surface area contributed by atoms with Crippen LogP contribution in [0.4, 0.5) is 8.78 Å². The van der Waals surface area contributed by atoms with E-state index in [1.807, 2.05) is 22.9 Å². The number of ether oxygens (including phenoxy) is 1. The summed E-state index contributed by atoms with van der Waals surface area (Å²) in [5.41, 5.74) is 2.24. The molecule has 1 saturated carbocycles. The van der Waals surface area contributed by atoms with Crippen LogP contribution in [0.15, 0.2) is 48.8 Å². The van der Waals surface area contributed by atoms with Crippen molar-refractivity contribution in [2.45, 2.75) is 31.6 Å². The number of carbonyl (C=O) groups excluding carboxylic acids is 2. The Balaban J connectivity index is 1.61. The van der Waals surface area contributed by atoms with Crippen LogP contribution in [0.1, 0.15) is 46.4 Å². The molecular formula is C22H20F2N2O3. The number of carbonyl (C=O) groups is 2. The Kier molecular flexibility index (Phi) is 4.90. The van der Waals surface area contributed by atoms with E-state index in [-0.39, 0.29) is 37.4 Å². The van der Waals surface area contributed by atoms with Crippen LogP contribution in [0.5, 0.6) is 0 Å². The number of benzene rings is 1. The number of rotatable bonds is 4. The van der Waals surface area contributed by atoms with Crippen molar-refractivity contribution in [2.75, 3.05) is 7.11 Å². The minimum atomic E-state index is -2.66. The molecular weight excluding hydrogens is 378 g/mol. The predicted molar refractivity (Wildman–Crippen MR) is 104 cm³/mol. The molecule has 0 bridgehead atoms. The second-order valence-corrected chi connectivity index (χ2v) is 7.36. The molecule has 0 spiro atoms. The first kappa shape index (κ1) is 19.2. The van der Waals surface area contributed by atoms with Crippen LogP contribution in [0.3, 0.4) is 0 Å². The second kappa shape index (κ2) is 7.39. The molecule has 1 aliphatic rings. The molecule has 5 nitrogen and oxygen atoms in total. The van der Waals surface area contributed by atoms with Gasteiger partial charge in [0.15, 0.2) is 5.78 Å². The Morgan fingerprint density at radius 2 is 1.90 bits per heavy atom. The summed E-state index contributed by atoms with van der Waals surface area (Å²) in [5, 5.41) is 0.764. The molecule has 7 heteroatoms. The summed E-state index contributed by atoms with van der Waals surface area (Å²) < 4.78 is 33.3. The molecule has 0 aliphatic heterocycles. The topological polar surface area (TPSA) is 61.2 Å². The SMILES string of the molecule is COC(=O)c1cccc(-n2ccc3cc(C(=O)C4CCC(F)(F)CC4)cnc32)c1. The van der Waals surface area contributed by atoms with Gasteiger partial charge in [-0.1, -0.05) is 6.07 Å². The number of Topliss-reactive ketones (excluding diaryl/α,β-unsaturated/α-hetero) is 1. The summed E-state index contributed by atoms with van der Waals surface area (Å²) in [6.45, 7) is 0. The van der Waals surface area contributed by atoms with Crippen molar-refractivity contribution in [3.05, 3.63) is 59.9 Å². The maximum atomic E-state index is 13.4. The van der Waals surface area contributed by atoms with Gasteiger partial charge in [0.25, 0.3) is 0 Å². The van der Waals surface area contributed by atoms with Crippen molar-refractivity contribution in [3.8, 4) is 5.69 Å². The lowest BCUT2D eigenvalue weighted by molar-refractivity contribution is -0.0424. The largest absolute Gasteiger partial charge is 0.465 e. The molecule has 0 N–H and O–H groups in total. The third-order valence-electron chi connectivity index (χ3n) is 5.44.